The SMILES string of the molecule is O=C(CCCOc1ccc(F)cc1)Nc1cccnc1-n1cccn1. The van der Waals surface area contributed by atoms with Crippen LogP contribution in [0.1, 0.15) is 12.8 Å². The van der Waals surface area contributed by atoms with Gasteiger partial charge in [0.2, 0.25) is 5.91 Å². The van der Waals surface area contributed by atoms with Gasteiger partial charge in [-0.1, -0.05) is 0 Å². The topological polar surface area (TPSA) is 69.0 Å². The highest BCUT2D eigenvalue weighted by Crippen LogP contribution is 2.17. The van der Waals surface area contributed by atoms with Gasteiger partial charge in [0.05, 0.1) is 12.3 Å². The van der Waals surface area contributed by atoms with Gasteiger partial charge >= 0.3 is 0 Å². The Morgan fingerprint density at radius 1 is 1.16 bits per heavy atom. The van der Waals surface area contributed by atoms with Crippen LogP contribution in [0.2, 0.25) is 0 Å². The molecule has 1 aromatic carbocycles. The maximum absolute atomic E-state index is 12.8. The van der Waals surface area contributed by atoms with Gasteiger partial charge in [0.15, 0.2) is 5.82 Å². The Kier molecular flexibility index (Phi) is 5.36. The highest BCUT2D eigenvalue weighted by molar-refractivity contribution is 5.92. The van der Waals surface area contributed by atoms with E-state index in [0.29, 0.717) is 36.7 Å². The van der Waals surface area contributed by atoms with Crippen LogP contribution in [-0.2, 0) is 4.79 Å². The van der Waals surface area contributed by atoms with Crippen molar-refractivity contribution < 1.29 is 13.9 Å². The van der Waals surface area contributed by atoms with Crippen molar-refractivity contribution >= 4 is 11.6 Å². The average Bonchev–Trinajstić information content (AvgIpc) is 3.15. The lowest BCUT2D eigenvalue weighted by atomic mass is 10.3. The summed E-state index contributed by atoms with van der Waals surface area (Å²) < 4.78 is 19.9. The zero-order chi connectivity index (χ0) is 17.5. The summed E-state index contributed by atoms with van der Waals surface area (Å²) in [5, 5.41) is 6.96. The number of anilines is 1. The fraction of sp³-hybridized carbons (Fsp3) is 0.167. The molecule has 0 saturated carbocycles. The van der Waals surface area contributed by atoms with E-state index in [-0.39, 0.29) is 11.7 Å². The number of pyridine rings is 1. The summed E-state index contributed by atoms with van der Waals surface area (Å²) in [7, 11) is 0. The van der Waals surface area contributed by atoms with Crippen LogP contribution in [-0.4, -0.2) is 27.3 Å². The van der Waals surface area contributed by atoms with E-state index >= 15 is 0 Å². The Hall–Kier alpha value is -3.22. The van der Waals surface area contributed by atoms with Crippen molar-refractivity contribution in [2.24, 2.45) is 0 Å². The highest BCUT2D eigenvalue weighted by Gasteiger charge is 2.09. The van der Waals surface area contributed by atoms with Crippen molar-refractivity contribution in [2.45, 2.75) is 12.8 Å². The smallest absolute Gasteiger partial charge is 0.224 e. The first kappa shape index (κ1) is 16.6. The van der Waals surface area contributed by atoms with Crippen LogP contribution in [0, 0.1) is 5.82 Å². The molecule has 25 heavy (non-hydrogen) atoms. The monoisotopic (exact) mass is 340 g/mol. The van der Waals surface area contributed by atoms with Gasteiger partial charge in [0, 0.05) is 25.0 Å². The molecule has 1 N–H and O–H groups in total. The minimum Gasteiger partial charge on any atom is -0.494 e. The van der Waals surface area contributed by atoms with Gasteiger partial charge in [0.1, 0.15) is 11.6 Å². The van der Waals surface area contributed by atoms with Gasteiger partial charge in [-0.15, -0.1) is 0 Å². The fourth-order valence-electron chi connectivity index (χ4n) is 2.24. The number of halogens is 1. The molecule has 0 fully saturated rings. The summed E-state index contributed by atoms with van der Waals surface area (Å²) in [4.78, 5) is 16.4. The van der Waals surface area contributed by atoms with Crippen molar-refractivity contribution in [3.8, 4) is 11.6 Å². The standard InChI is InChI=1S/C18H17FN4O2/c19-14-6-8-15(9-7-14)25-13-2-5-17(24)22-16-4-1-10-20-18(16)23-12-3-11-21-23/h1,3-4,6-12H,2,5,13H2,(H,22,24). The van der Waals surface area contributed by atoms with Gasteiger partial charge in [0.25, 0.3) is 0 Å². The van der Waals surface area contributed by atoms with Crippen LogP contribution in [0.25, 0.3) is 5.82 Å². The molecule has 0 spiro atoms. The van der Waals surface area contributed by atoms with Gasteiger partial charge in [-0.25, -0.2) is 14.1 Å². The molecule has 0 atom stereocenters. The van der Waals surface area contributed by atoms with Crippen LogP contribution in [0.4, 0.5) is 10.1 Å². The van der Waals surface area contributed by atoms with Crippen LogP contribution in [0.3, 0.4) is 0 Å². The van der Waals surface area contributed by atoms with E-state index in [1.54, 1.807) is 53.6 Å². The molecule has 7 heteroatoms. The Morgan fingerprint density at radius 2 is 2.00 bits per heavy atom. The normalized spacial score (nSPS) is 10.4. The Balaban J connectivity index is 1.49. The highest BCUT2D eigenvalue weighted by atomic mass is 19.1. The molecule has 6 nitrogen and oxygen atoms in total. The fourth-order valence-corrected chi connectivity index (χ4v) is 2.24. The molecule has 128 valence electrons. The molecule has 0 unspecified atom stereocenters. The Bertz CT molecular complexity index is 819. The van der Waals surface area contributed by atoms with Crippen molar-refractivity contribution in [1.29, 1.82) is 0 Å². The Labute approximate surface area is 144 Å². The molecule has 0 bridgehead atoms. The minimum absolute atomic E-state index is 0.135. The summed E-state index contributed by atoms with van der Waals surface area (Å²) in [6.07, 6.45) is 5.89. The van der Waals surface area contributed by atoms with Gasteiger partial charge in [-0.3, -0.25) is 4.79 Å². The number of hydrogen-bond acceptors (Lipinski definition) is 4. The lowest BCUT2D eigenvalue weighted by molar-refractivity contribution is -0.116. The first-order chi connectivity index (χ1) is 12.2. The van der Waals surface area contributed by atoms with E-state index in [1.165, 1.54) is 12.1 Å². The second-order valence-electron chi connectivity index (χ2n) is 5.28. The molecule has 1 amide bonds. The quantitative estimate of drug-likeness (QED) is 0.671. The number of carbonyl (C=O) groups excluding carboxylic acids is 1. The zero-order valence-corrected chi connectivity index (χ0v) is 13.4. The number of aromatic nitrogens is 3. The van der Waals surface area contributed by atoms with E-state index in [0.717, 1.165) is 0 Å². The molecule has 3 aromatic rings. The lowest BCUT2D eigenvalue weighted by Gasteiger charge is -2.10. The Morgan fingerprint density at radius 3 is 2.76 bits per heavy atom. The second-order valence-corrected chi connectivity index (χ2v) is 5.28. The largest absolute Gasteiger partial charge is 0.494 e. The molecular formula is C18H17FN4O2. The molecule has 0 aliphatic heterocycles. The number of ether oxygens (including phenoxy) is 1. The van der Waals surface area contributed by atoms with Crippen molar-refractivity contribution in [1.82, 2.24) is 14.8 Å². The summed E-state index contributed by atoms with van der Waals surface area (Å²) >= 11 is 0. The third kappa shape index (κ3) is 4.63. The van der Waals surface area contributed by atoms with Gasteiger partial charge in [-0.2, -0.15) is 5.10 Å². The lowest BCUT2D eigenvalue weighted by Crippen LogP contribution is -2.15. The number of carbonyl (C=O) groups is 1. The van der Waals surface area contributed by atoms with Crippen LogP contribution in [0.15, 0.2) is 61.1 Å². The van der Waals surface area contributed by atoms with E-state index in [4.69, 9.17) is 4.74 Å². The molecule has 0 aliphatic rings. The third-order valence-corrected chi connectivity index (χ3v) is 3.41. The summed E-state index contributed by atoms with van der Waals surface area (Å²) in [5.74, 6) is 0.693. The minimum atomic E-state index is -0.309. The zero-order valence-electron chi connectivity index (χ0n) is 13.4. The predicted molar refractivity (Wildman–Crippen MR) is 91.1 cm³/mol. The van der Waals surface area contributed by atoms with Gasteiger partial charge in [-0.05, 0) is 48.9 Å². The molecule has 0 radical (unpaired) electrons. The predicted octanol–water partition coefficient (Wildman–Crippen LogP) is 3.20. The molecule has 2 aromatic heterocycles. The number of rotatable bonds is 7. The van der Waals surface area contributed by atoms with Crippen molar-refractivity contribution in [3.63, 3.8) is 0 Å². The summed E-state index contributed by atoms with van der Waals surface area (Å²) in [6.45, 7) is 0.373. The number of benzene rings is 1. The molecular weight excluding hydrogens is 323 g/mol. The third-order valence-electron chi connectivity index (χ3n) is 3.41. The van der Waals surface area contributed by atoms with Crippen LogP contribution in [0.5, 0.6) is 5.75 Å². The van der Waals surface area contributed by atoms with E-state index in [2.05, 4.69) is 15.4 Å². The molecule has 0 saturated heterocycles. The first-order valence-corrected chi connectivity index (χ1v) is 7.85. The van der Waals surface area contributed by atoms with Crippen molar-refractivity contribution in [2.75, 3.05) is 11.9 Å². The second kappa shape index (κ2) is 8.05. The molecule has 3 rings (SSSR count). The molecule has 0 aliphatic carbocycles. The number of amides is 1. The average molecular weight is 340 g/mol. The maximum atomic E-state index is 12.8. The molecule has 2 heterocycles. The van der Waals surface area contributed by atoms with Crippen LogP contribution < -0.4 is 10.1 Å². The van der Waals surface area contributed by atoms with Crippen molar-refractivity contribution in [3.05, 3.63) is 66.9 Å². The summed E-state index contributed by atoms with van der Waals surface area (Å²) in [5.41, 5.74) is 0.593. The van der Waals surface area contributed by atoms with E-state index < -0.39 is 0 Å². The maximum Gasteiger partial charge on any atom is 0.224 e. The number of nitrogens with one attached hydrogen (secondary N) is 1. The van der Waals surface area contributed by atoms with Gasteiger partial charge < -0.3 is 10.1 Å². The van der Waals surface area contributed by atoms with E-state index in [1.807, 2.05) is 0 Å². The van der Waals surface area contributed by atoms with E-state index in [9.17, 15) is 9.18 Å². The number of hydrogen-bond donors (Lipinski definition) is 1. The number of nitrogens with zero attached hydrogens (tertiary/aromatic N) is 3. The summed E-state index contributed by atoms with van der Waals surface area (Å²) in [6, 6.07) is 11.1. The van der Waals surface area contributed by atoms with Crippen LogP contribution >= 0.6 is 0 Å². The first-order valence-electron chi connectivity index (χ1n) is 7.85.